The molecule has 38 heavy (non-hydrogen) atoms. The summed E-state index contributed by atoms with van der Waals surface area (Å²) in [5, 5.41) is 3.11. The molecule has 3 aromatic rings. The number of carbonyl (C=O) groups is 2. The summed E-state index contributed by atoms with van der Waals surface area (Å²) in [7, 11) is 1.62. The molecule has 0 aliphatic carbocycles. The van der Waals surface area contributed by atoms with Crippen molar-refractivity contribution in [2.45, 2.75) is 58.2 Å². The number of amides is 2. The Bertz CT molecular complexity index is 1230. The molecule has 0 radical (unpaired) electrons. The lowest BCUT2D eigenvalue weighted by molar-refractivity contribution is -0.141. The fourth-order valence-corrected chi connectivity index (χ4v) is 4.45. The highest BCUT2D eigenvalue weighted by Gasteiger charge is 2.31. The number of aryl methyl sites for hydroxylation is 1. The molecule has 1 heterocycles. The SMILES string of the molecule is CC[C@@H](C)NC(=O)[C@@H](Cc1ccccc1)N(Cc1cccc(OC)c1)C(=O)CCc1ccc2c(c1)OCO2. The van der Waals surface area contributed by atoms with Gasteiger partial charge in [-0.2, -0.15) is 0 Å². The van der Waals surface area contributed by atoms with Gasteiger partial charge in [0.1, 0.15) is 11.8 Å². The number of hydrogen-bond acceptors (Lipinski definition) is 5. The Morgan fingerprint density at radius 1 is 0.947 bits per heavy atom. The van der Waals surface area contributed by atoms with Crippen LogP contribution in [0, 0.1) is 0 Å². The molecule has 1 aliphatic heterocycles. The molecular weight excluding hydrogens is 480 g/mol. The fraction of sp³-hybridized carbons (Fsp3) is 0.355. The van der Waals surface area contributed by atoms with Gasteiger partial charge in [-0.1, -0.05) is 55.5 Å². The van der Waals surface area contributed by atoms with Crippen LogP contribution in [0.4, 0.5) is 0 Å². The van der Waals surface area contributed by atoms with Gasteiger partial charge in [-0.3, -0.25) is 9.59 Å². The molecule has 7 nitrogen and oxygen atoms in total. The monoisotopic (exact) mass is 516 g/mol. The molecule has 0 aromatic heterocycles. The predicted molar refractivity (Wildman–Crippen MR) is 146 cm³/mol. The number of ether oxygens (including phenoxy) is 3. The van der Waals surface area contributed by atoms with Gasteiger partial charge in [0.2, 0.25) is 18.6 Å². The summed E-state index contributed by atoms with van der Waals surface area (Å²) in [4.78, 5) is 29.2. The van der Waals surface area contributed by atoms with Gasteiger partial charge >= 0.3 is 0 Å². The summed E-state index contributed by atoms with van der Waals surface area (Å²) < 4.78 is 16.3. The molecular formula is C31H36N2O5. The van der Waals surface area contributed by atoms with E-state index in [2.05, 4.69) is 5.32 Å². The van der Waals surface area contributed by atoms with E-state index in [0.717, 1.165) is 23.1 Å². The van der Waals surface area contributed by atoms with Gasteiger partial charge < -0.3 is 24.4 Å². The van der Waals surface area contributed by atoms with Gasteiger partial charge in [-0.15, -0.1) is 0 Å². The number of methoxy groups -OCH3 is 1. The van der Waals surface area contributed by atoms with Crippen LogP contribution in [-0.2, 0) is 29.0 Å². The summed E-state index contributed by atoms with van der Waals surface area (Å²) in [5.41, 5.74) is 2.87. The standard InChI is InChI=1S/C31H36N2O5/c1-4-22(2)32-31(35)27(18-23-9-6-5-7-10-23)33(20-25-11-8-12-26(17-25)36-3)30(34)16-14-24-13-15-28-29(19-24)38-21-37-28/h5-13,15,17,19,22,27H,4,14,16,18,20-21H2,1-3H3,(H,32,35)/t22-,27-/m1/s1. The van der Waals surface area contributed by atoms with Crippen molar-refractivity contribution >= 4 is 11.8 Å². The van der Waals surface area contributed by atoms with Gasteiger partial charge in [0, 0.05) is 25.4 Å². The highest BCUT2D eigenvalue weighted by molar-refractivity contribution is 5.88. The van der Waals surface area contributed by atoms with E-state index in [1.165, 1.54) is 0 Å². The van der Waals surface area contributed by atoms with Crippen LogP contribution in [0.2, 0.25) is 0 Å². The average Bonchev–Trinajstić information content (AvgIpc) is 3.42. The van der Waals surface area contributed by atoms with E-state index in [-0.39, 0.29) is 31.1 Å². The van der Waals surface area contributed by atoms with Crippen LogP contribution in [0.15, 0.2) is 72.8 Å². The molecule has 0 saturated heterocycles. The summed E-state index contributed by atoms with van der Waals surface area (Å²) in [6.07, 6.45) is 2.00. The zero-order chi connectivity index (χ0) is 26.9. The Morgan fingerprint density at radius 2 is 1.71 bits per heavy atom. The molecule has 1 aliphatic rings. The fourth-order valence-electron chi connectivity index (χ4n) is 4.45. The van der Waals surface area contributed by atoms with Crippen molar-refractivity contribution in [2.24, 2.45) is 0 Å². The van der Waals surface area contributed by atoms with Gasteiger partial charge in [0.25, 0.3) is 0 Å². The topological polar surface area (TPSA) is 77.1 Å². The number of benzene rings is 3. The highest BCUT2D eigenvalue weighted by Crippen LogP contribution is 2.33. The van der Waals surface area contributed by atoms with Gasteiger partial charge in [0.15, 0.2) is 11.5 Å². The van der Waals surface area contributed by atoms with Crippen molar-refractivity contribution in [3.63, 3.8) is 0 Å². The number of carbonyl (C=O) groups excluding carboxylic acids is 2. The van der Waals surface area contributed by atoms with Crippen molar-refractivity contribution in [1.82, 2.24) is 10.2 Å². The first kappa shape index (κ1) is 27.0. The third-order valence-electron chi connectivity index (χ3n) is 6.82. The Labute approximate surface area is 224 Å². The van der Waals surface area contributed by atoms with E-state index in [4.69, 9.17) is 14.2 Å². The summed E-state index contributed by atoms with van der Waals surface area (Å²) in [6, 6.07) is 22.5. The second-order valence-corrected chi connectivity index (χ2v) is 9.58. The molecule has 2 atom stereocenters. The minimum Gasteiger partial charge on any atom is -0.497 e. The number of nitrogens with zero attached hydrogens (tertiary/aromatic N) is 1. The van der Waals surface area contributed by atoms with Gasteiger partial charge in [-0.05, 0) is 60.7 Å². The van der Waals surface area contributed by atoms with Crippen molar-refractivity contribution in [1.29, 1.82) is 0 Å². The van der Waals surface area contributed by atoms with Crippen LogP contribution in [0.1, 0.15) is 43.4 Å². The Kier molecular flexibility index (Phi) is 9.25. The van der Waals surface area contributed by atoms with Gasteiger partial charge in [-0.25, -0.2) is 0 Å². The lowest BCUT2D eigenvalue weighted by Crippen LogP contribution is -2.52. The maximum absolute atomic E-state index is 13.9. The molecule has 0 bridgehead atoms. The minimum atomic E-state index is -0.665. The number of nitrogens with one attached hydrogen (secondary N) is 1. The molecule has 200 valence electrons. The second-order valence-electron chi connectivity index (χ2n) is 9.58. The molecule has 2 amide bonds. The second kappa shape index (κ2) is 13.0. The summed E-state index contributed by atoms with van der Waals surface area (Å²) >= 11 is 0. The Balaban J connectivity index is 1.61. The predicted octanol–water partition coefficient (Wildman–Crippen LogP) is 4.91. The Hall–Kier alpha value is -4.00. The largest absolute Gasteiger partial charge is 0.497 e. The number of rotatable bonds is 12. The molecule has 0 spiro atoms. The molecule has 4 rings (SSSR count). The molecule has 0 fully saturated rings. The van der Waals surface area contributed by atoms with Crippen LogP contribution in [-0.4, -0.2) is 42.7 Å². The van der Waals surface area contributed by atoms with Crippen molar-refractivity contribution in [3.8, 4) is 17.2 Å². The molecule has 1 N–H and O–H groups in total. The Morgan fingerprint density at radius 3 is 2.47 bits per heavy atom. The third kappa shape index (κ3) is 7.06. The average molecular weight is 517 g/mol. The molecule has 0 saturated carbocycles. The van der Waals surface area contributed by atoms with E-state index in [9.17, 15) is 9.59 Å². The molecule has 3 aromatic carbocycles. The van der Waals surface area contributed by atoms with E-state index >= 15 is 0 Å². The molecule has 7 heteroatoms. The summed E-state index contributed by atoms with van der Waals surface area (Å²) in [5.74, 6) is 1.87. The quantitative estimate of drug-likeness (QED) is 0.370. The van der Waals surface area contributed by atoms with Crippen LogP contribution in [0.5, 0.6) is 17.2 Å². The van der Waals surface area contributed by atoms with E-state index in [1.54, 1.807) is 12.0 Å². The van der Waals surface area contributed by atoms with Crippen molar-refractivity contribution in [3.05, 3.63) is 89.5 Å². The zero-order valence-corrected chi connectivity index (χ0v) is 22.3. The van der Waals surface area contributed by atoms with E-state index < -0.39 is 6.04 Å². The smallest absolute Gasteiger partial charge is 0.243 e. The van der Waals surface area contributed by atoms with E-state index in [1.807, 2.05) is 86.6 Å². The lowest BCUT2D eigenvalue weighted by Gasteiger charge is -2.32. The van der Waals surface area contributed by atoms with Crippen molar-refractivity contribution < 1.29 is 23.8 Å². The van der Waals surface area contributed by atoms with Crippen LogP contribution < -0.4 is 19.5 Å². The lowest BCUT2D eigenvalue weighted by atomic mass is 10.0. The zero-order valence-electron chi connectivity index (χ0n) is 22.3. The first-order chi connectivity index (χ1) is 18.5. The normalized spacial score (nSPS) is 13.4. The maximum atomic E-state index is 13.9. The van der Waals surface area contributed by atoms with E-state index in [0.29, 0.717) is 36.6 Å². The van der Waals surface area contributed by atoms with Crippen molar-refractivity contribution in [2.75, 3.05) is 13.9 Å². The summed E-state index contributed by atoms with van der Waals surface area (Å²) in [6.45, 7) is 4.51. The number of hydrogen-bond donors (Lipinski definition) is 1. The third-order valence-corrected chi connectivity index (χ3v) is 6.82. The minimum absolute atomic E-state index is 0.00294. The highest BCUT2D eigenvalue weighted by atomic mass is 16.7. The van der Waals surface area contributed by atoms with Gasteiger partial charge in [0.05, 0.1) is 7.11 Å². The maximum Gasteiger partial charge on any atom is 0.243 e. The molecule has 0 unspecified atom stereocenters. The van der Waals surface area contributed by atoms with Crippen LogP contribution in [0.3, 0.4) is 0 Å². The van der Waals surface area contributed by atoms with Crippen LogP contribution >= 0.6 is 0 Å². The first-order valence-electron chi connectivity index (χ1n) is 13.1. The number of fused-ring (bicyclic) bond motifs is 1. The van der Waals surface area contributed by atoms with Crippen LogP contribution in [0.25, 0.3) is 0 Å². The first-order valence-corrected chi connectivity index (χ1v) is 13.1.